The molecule has 2 N–H and O–H groups in total. The number of hydrogen-bond acceptors (Lipinski definition) is 2. The first-order valence-electron chi connectivity index (χ1n) is 6.92. The Bertz CT molecular complexity index is 641. The molecule has 114 valence electrons. The summed E-state index contributed by atoms with van der Waals surface area (Å²) in [6.07, 6.45) is 0.0982. The molecule has 4 nitrogen and oxygen atoms in total. The van der Waals surface area contributed by atoms with Gasteiger partial charge in [0.15, 0.2) is 0 Å². The second kappa shape index (κ2) is 7.36. The molecule has 0 saturated heterocycles. The molecular formula is C17H17FN2O2. The van der Waals surface area contributed by atoms with Crippen LogP contribution < -0.4 is 10.6 Å². The van der Waals surface area contributed by atoms with Crippen molar-refractivity contribution < 1.29 is 14.0 Å². The minimum atomic E-state index is -0.404. The van der Waals surface area contributed by atoms with E-state index in [-0.39, 0.29) is 24.1 Å². The van der Waals surface area contributed by atoms with Gasteiger partial charge in [-0.15, -0.1) is 0 Å². The molecule has 0 aliphatic carbocycles. The number of hydrogen-bond donors (Lipinski definition) is 2. The molecule has 0 aromatic heterocycles. The maximum absolute atomic E-state index is 12.8. The fourth-order valence-electron chi connectivity index (χ4n) is 2.11. The number of amides is 2. The Balaban J connectivity index is 2.04. The predicted octanol–water partition coefficient (Wildman–Crippen LogP) is 3.03. The van der Waals surface area contributed by atoms with Crippen LogP contribution in [0.3, 0.4) is 0 Å². The minimum absolute atomic E-state index is 0.0982. The highest BCUT2D eigenvalue weighted by atomic mass is 19.1. The zero-order chi connectivity index (χ0) is 15.9. The molecule has 2 aromatic carbocycles. The van der Waals surface area contributed by atoms with Crippen molar-refractivity contribution in [2.45, 2.75) is 19.4 Å². The zero-order valence-electron chi connectivity index (χ0n) is 12.2. The van der Waals surface area contributed by atoms with Gasteiger partial charge in [-0.3, -0.25) is 9.59 Å². The second-order valence-corrected chi connectivity index (χ2v) is 4.92. The topological polar surface area (TPSA) is 58.2 Å². The summed E-state index contributed by atoms with van der Waals surface area (Å²) in [5, 5.41) is 5.45. The quantitative estimate of drug-likeness (QED) is 0.891. The van der Waals surface area contributed by atoms with Gasteiger partial charge in [0, 0.05) is 12.6 Å². The molecule has 2 rings (SSSR count). The Morgan fingerprint density at radius 3 is 2.27 bits per heavy atom. The van der Waals surface area contributed by atoms with Crippen LogP contribution in [-0.2, 0) is 9.59 Å². The van der Waals surface area contributed by atoms with Gasteiger partial charge in [0.05, 0.1) is 12.5 Å². The van der Waals surface area contributed by atoms with E-state index < -0.39 is 6.04 Å². The molecule has 0 aliphatic heterocycles. The lowest BCUT2D eigenvalue weighted by atomic mass is 10.0. The van der Waals surface area contributed by atoms with Gasteiger partial charge < -0.3 is 10.6 Å². The van der Waals surface area contributed by atoms with Crippen molar-refractivity contribution in [1.82, 2.24) is 5.32 Å². The van der Waals surface area contributed by atoms with Crippen LogP contribution in [0.5, 0.6) is 0 Å². The molecule has 0 radical (unpaired) electrons. The summed E-state index contributed by atoms with van der Waals surface area (Å²) in [7, 11) is 0. The highest BCUT2D eigenvalue weighted by Crippen LogP contribution is 2.18. The Hall–Kier alpha value is -2.69. The molecule has 0 heterocycles. The van der Waals surface area contributed by atoms with Crippen LogP contribution >= 0.6 is 0 Å². The lowest BCUT2D eigenvalue weighted by Crippen LogP contribution is -2.29. The fourth-order valence-corrected chi connectivity index (χ4v) is 2.11. The Labute approximate surface area is 128 Å². The van der Waals surface area contributed by atoms with Crippen molar-refractivity contribution in [3.63, 3.8) is 0 Å². The first-order chi connectivity index (χ1) is 10.5. The maximum atomic E-state index is 12.8. The summed E-state index contributed by atoms with van der Waals surface area (Å²) in [5.74, 6) is -0.823. The summed E-state index contributed by atoms with van der Waals surface area (Å²) < 4.78 is 12.8. The third-order valence-corrected chi connectivity index (χ3v) is 3.10. The molecule has 0 saturated carbocycles. The van der Waals surface area contributed by atoms with Gasteiger partial charge in [-0.2, -0.15) is 0 Å². The van der Waals surface area contributed by atoms with Crippen LogP contribution in [0.1, 0.15) is 24.9 Å². The van der Waals surface area contributed by atoms with E-state index in [2.05, 4.69) is 10.6 Å². The van der Waals surface area contributed by atoms with Crippen molar-refractivity contribution in [2.75, 3.05) is 5.32 Å². The van der Waals surface area contributed by atoms with E-state index in [0.717, 1.165) is 5.56 Å². The fraction of sp³-hybridized carbons (Fsp3) is 0.176. The molecule has 5 heteroatoms. The van der Waals surface area contributed by atoms with Crippen LogP contribution in [0.4, 0.5) is 10.1 Å². The van der Waals surface area contributed by atoms with Gasteiger partial charge in [0.2, 0.25) is 11.8 Å². The van der Waals surface area contributed by atoms with E-state index in [4.69, 9.17) is 0 Å². The van der Waals surface area contributed by atoms with E-state index in [0.29, 0.717) is 5.69 Å². The Kier molecular flexibility index (Phi) is 5.25. The van der Waals surface area contributed by atoms with Crippen LogP contribution in [-0.4, -0.2) is 11.8 Å². The lowest BCUT2D eigenvalue weighted by Gasteiger charge is -2.18. The summed E-state index contributed by atoms with van der Waals surface area (Å²) in [5.41, 5.74) is 1.37. The molecule has 2 amide bonds. The monoisotopic (exact) mass is 300 g/mol. The lowest BCUT2D eigenvalue weighted by molar-refractivity contribution is -0.120. The highest BCUT2D eigenvalue weighted by molar-refractivity contribution is 5.91. The molecule has 0 fully saturated rings. The molecule has 2 aromatic rings. The zero-order valence-corrected chi connectivity index (χ0v) is 12.2. The first-order valence-corrected chi connectivity index (χ1v) is 6.92. The van der Waals surface area contributed by atoms with Gasteiger partial charge in [0.1, 0.15) is 5.82 Å². The largest absolute Gasteiger partial charge is 0.349 e. The van der Waals surface area contributed by atoms with Gasteiger partial charge >= 0.3 is 0 Å². The molecule has 0 aliphatic rings. The molecule has 0 bridgehead atoms. The minimum Gasteiger partial charge on any atom is -0.349 e. The molecule has 0 unspecified atom stereocenters. The summed E-state index contributed by atoms with van der Waals surface area (Å²) in [6.45, 7) is 1.41. The van der Waals surface area contributed by atoms with Gasteiger partial charge in [-0.1, -0.05) is 30.3 Å². The number of benzene rings is 2. The second-order valence-electron chi connectivity index (χ2n) is 4.92. The summed E-state index contributed by atoms with van der Waals surface area (Å²) >= 11 is 0. The summed E-state index contributed by atoms with van der Waals surface area (Å²) in [4.78, 5) is 23.4. The molecular weight excluding hydrogens is 283 g/mol. The number of halogens is 1. The van der Waals surface area contributed by atoms with E-state index >= 15 is 0 Å². The average Bonchev–Trinajstić information content (AvgIpc) is 2.49. The predicted molar refractivity (Wildman–Crippen MR) is 82.6 cm³/mol. The van der Waals surface area contributed by atoms with E-state index in [1.54, 1.807) is 0 Å². The van der Waals surface area contributed by atoms with Crippen molar-refractivity contribution >= 4 is 17.5 Å². The van der Waals surface area contributed by atoms with E-state index in [1.807, 2.05) is 30.3 Å². The van der Waals surface area contributed by atoms with Gasteiger partial charge in [-0.05, 0) is 29.8 Å². The van der Waals surface area contributed by atoms with Crippen LogP contribution in [0.25, 0.3) is 0 Å². The Morgan fingerprint density at radius 2 is 1.68 bits per heavy atom. The number of rotatable bonds is 5. The van der Waals surface area contributed by atoms with Crippen molar-refractivity contribution in [3.8, 4) is 0 Å². The summed E-state index contributed by atoms with van der Waals surface area (Å²) in [6, 6.07) is 14.4. The Morgan fingerprint density at radius 1 is 1.05 bits per heavy atom. The normalized spacial score (nSPS) is 11.5. The molecule has 0 spiro atoms. The van der Waals surface area contributed by atoms with Crippen LogP contribution in [0, 0.1) is 5.82 Å². The van der Waals surface area contributed by atoms with Gasteiger partial charge in [0.25, 0.3) is 0 Å². The van der Waals surface area contributed by atoms with E-state index in [1.165, 1.54) is 31.2 Å². The first kappa shape index (κ1) is 15.7. The number of carbonyl (C=O) groups is 2. The molecule has 22 heavy (non-hydrogen) atoms. The third kappa shape index (κ3) is 4.70. The third-order valence-electron chi connectivity index (χ3n) is 3.10. The number of anilines is 1. The number of nitrogens with one attached hydrogen (secondary N) is 2. The highest BCUT2D eigenvalue weighted by Gasteiger charge is 2.17. The average molecular weight is 300 g/mol. The van der Waals surface area contributed by atoms with E-state index in [9.17, 15) is 14.0 Å². The van der Waals surface area contributed by atoms with Crippen LogP contribution in [0.2, 0.25) is 0 Å². The SMILES string of the molecule is CC(=O)N[C@H](CC(=O)Nc1ccc(F)cc1)c1ccccc1. The van der Waals surface area contributed by atoms with Gasteiger partial charge in [-0.25, -0.2) is 4.39 Å². The maximum Gasteiger partial charge on any atom is 0.226 e. The van der Waals surface area contributed by atoms with Crippen molar-refractivity contribution in [3.05, 3.63) is 66.0 Å². The van der Waals surface area contributed by atoms with Crippen molar-refractivity contribution in [2.24, 2.45) is 0 Å². The molecule has 1 atom stereocenters. The number of carbonyl (C=O) groups excluding carboxylic acids is 2. The standard InChI is InChI=1S/C17H17FN2O2/c1-12(21)19-16(13-5-3-2-4-6-13)11-17(22)20-15-9-7-14(18)8-10-15/h2-10,16H,11H2,1H3,(H,19,21)(H,20,22)/t16-/m1/s1. The van der Waals surface area contributed by atoms with Crippen molar-refractivity contribution in [1.29, 1.82) is 0 Å². The van der Waals surface area contributed by atoms with Crippen LogP contribution in [0.15, 0.2) is 54.6 Å². The smallest absolute Gasteiger partial charge is 0.226 e.